The molecule has 2 atom stereocenters. The Labute approximate surface area is 102 Å². The molecule has 0 radical (unpaired) electrons. The standard InChI is InChI=1S/C11H11F3O3S/c12-8-3-7(4-9(13)10(8)14)11(15)6-1-2-18(16,17)5-6/h3-4,6,11,15H,1-2,5H2. The molecule has 0 aromatic heterocycles. The number of hydrogen-bond donors (Lipinski definition) is 1. The van der Waals surface area contributed by atoms with E-state index in [9.17, 15) is 26.7 Å². The molecule has 2 rings (SSSR count). The maximum Gasteiger partial charge on any atom is 0.194 e. The minimum absolute atomic E-state index is 0.0547. The Balaban J connectivity index is 2.27. The van der Waals surface area contributed by atoms with Crippen LogP contribution in [0.4, 0.5) is 13.2 Å². The van der Waals surface area contributed by atoms with Gasteiger partial charge in [-0.15, -0.1) is 0 Å². The third-order valence-corrected chi connectivity index (χ3v) is 4.86. The van der Waals surface area contributed by atoms with E-state index in [0.29, 0.717) is 12.1 Å². The highest BCUT2D eigenvalue weighted by Gasteiger charge is 2.34. The van der Waals surface area contributed by atoms with Gasteiger partial charge in [-0.25, -0.2) is 21.6 Å². The number of sulfone groups is 1. The fraction of sp³-hybridized carbons (Fsp3) is 0.455. The third kappa shape index (κ3) is 2.51. The van der Waals surface area contributed by atoms with Crippen molar-refractivity contribution in [1.29, 1.82) is 0 Å². The average molecular weight is 280 g/mol. The summed E-state index contributed by atoms with van der Waals surface area (Å²) in [5, 5.41) is 9.87. The van der Waals surface area contributed by atoms with E-state index in [-0.39, 0.29) is 23.5 Å². The first-order valence-corrected chi connectivity index (χ1v) is 7.15. The van der Waals surface area contributed by atoms with Gasteiger partial charge in [-0.3, -0.25) is 0 Å². The van der Waals surface area contributed by atoms with Crippen LogP contribution in [0, 0.1) is 23.4 Å². The lowest BCUT2D eigenvalue weighted by Gasteiger charge is -2.17. The van der Waals surface area contributed by atoms with Crippen molar-refractivity contribution >= 4 is 9.84 Å². The molecule has 0 spiro atoms. The van der Waals surface area contributed by atoms with Gasteiger partial charge in [0.05, 0.1) is 17.6 Å². The van der Waals surface area contributed by atoms with E-state index >= 15 is 0 Å². The van der Waals surface area contributed by atoms with Crippen molar-refractivity contribution < 1.29 is 26.7 Å². The molecule has 0 amide bonds. The van der Waals surface area contributed by atoms with Crippen molar-refractivity contribution in [3.05, 3.63) is 35.1 Å². The number of hydrogen-bond acceptors (Lipinski definition) is 3. The Bertz CT molecular complexity index is 548. The molecule has 0 bridgehead atoms. The largest absolute Gasteiger partial charge is 0.388 e. The molecule has 1 aromatic rings. The lowest BCUT2D eigenvalue weighted by Crippen LogP contribution is -2.15. The van der Waals surface area contributed by atoms with Crippen molar-refractivity contribution in [2.45, 2.75) is 12.5 Å². The molecule has 1 saturated heterocycles. The van der Waals surface area contributed by atoms with Gasteiger partial charge in [0, 0.05) is 5.92 Å². The lowest BCUT2D eigenvalue weighted by atomic mass is 9.95. The van der Waals surface area contributed by atoms with Gasteiger partial charge in [0.1, 0.15) is 0 Å². The van der Waals surface area contributed by atoms with E-state index in [1.807, 2.05) is 0 Å². The van der Waals surface area contributed by atoms with E-state index in [0.717, 1.165) is 0 Å². The Morgan fingerprint density at radius 3 is 2.22 bits per heavy atom. The van der Waals surface area contributed by atoms with Crippen LogP contribution in [0.2, 0.25) is 0 Å². The summed E-state index contributed by atoms with van der Waals surface area (Å²) >= 11 is 0. The molecule has 100 valence electrons. The number of aliphatic hydroxyl groups is 1. The monoisotopic (exact) mass is 280 g/mol. The second kappa shape index (κ2) is 4.55. The maximum atomic E-state index is 13.0. The highest BCUT2D eigenvalue weighted by Crippen LogP contribution is 2.32. The molecular formula is C11H11F3O3S. The zero-order valence-corrected chi connectivity index (χ0v) is 10.1. The van der Waals surface area contributed by atoms with Crippen molar-refractivity contribution in [2.24, 2.45) is 5.92 Å². The molecule has 18 heavy (non-hydrogen) atoms. The number of halogens is 3. The predicted molar refractivity (Wildman–Crippen MR) is 58.0 cm³/mol. The summed E-state index contributed by atoms with van der Waals surface area (Å²) in [5.74, 6) is -5.30. The van der Waals surface area contributed by atoms with Crippen molar-refractivity contribution in [3.8, 4) is 0 Å². The maximum absolute atomic E-state index is 13.0. The summed E-state index contributed by atoms with van der Waals surface area (Å²) in [6, 6.07) is 1.38. The second-order valence-electron chi connectivity index (χ2n) is 4.41. The Morgan fingerprint density at radius 2 is 1.78 bits per heavy atom. The predicted octanol–water partition coefficient (Wildman–Crippen LogP) is 1.57. The molecule has 2 unspecified atom stereocenters. The fourth-order valence-corrected chi connectivity index (χ4v) is 3.92. The van der Waals surface area contributed by atoms with E-state index < -0.39 is 39.3 Å². The molecular weight excluding hydrogens is 269 g/mol. The summed E-state index contributed by atoms with van der Waals surface area (Å²) < 4.78 is 61.2. The van der Waals surface area contributed by atoms with Gasteiger partial charge < -0.3 is 5.11 Å². The molecule has 0 aliphatic carbocycles. The zero-order chi connectivity index (χ0) is 13.5. The van der Waals surface area contributed by atoms with Crippen LogP contribution in [-0.2, 0) is 9.84 Å². The first-order valence-electron chi connectivity index (χ1n) is 5.33. The van der Waals surface area contributed by atoms with Gasteiger partial charge in [0.25, 0.3) is 0 Å². The third-order valence-electron chi connectivity index (χ3n) is 3.06. The first kappa shape index (κ1) is 13.4. The fourth-order valence-electron chi connectivity index (χ4n) is 2.09. The van der Waals surface area contributed by atoms with Crippen LogP contribution < -0.4 is 0 Å². The SMILES string of the molecule is O=S1(=O)CCC(C(O)c2cc(F)c(F)c(F)c2)C1. The van der Waals surface area contributed by atoms with Crippen LogP contribution in [0.1, 0.15) is 18.1 Å². The van der Waals surface area contributed by atoms with E-state index in [2.05, 4.69) is 0 Å². The quantitative estimate of drug-likeness (QED) is 0.837. The van der Waals surface area contributed by atoms with Crippen molar-refractivity contribution in [1.82, 2.24) is 0 Å². The van der Waals surface area contributed by atoms with Crippen LogP contribution in [0.5, 0.6) is 0 Å². The molecule has 7 heteroatoms. The molecule has 1 aliphatic heterocycles. The minimum Gasteiger partial charge on any atom is -0.388 e. The lowest BCUT2D eigenvalue weighted by molar-refractivity contribution is 0.120. The summed E-state index contributed by atoms with van der Waals surface area (Å²) in [5.41, 5.74) is -0.145. The second-order valence-corrected chi connectivity index (χ2v) is 6.64. The van der Waals surface area contributed by atoms with Gasteiger partial charge in [-0.05, 0) is 24.1 Å². The van der Waals surface area contributed by atoms with Crippen LogP contribution in [-0.4, -0.2) is 25.0 Å². The Hall–Kier alpha value is -1.08. The molecule has 1 aromatic carbocycles. The highest BCUT2D eigenvalue weighted by atomic mass is 32.2. The molecule has 1 N–H and O–H groups in total. The molecule has 1 fully saturated rings. The molecule has 1 heterocycles. The van der Waals surface area contributed by atoms with Crippen LogP contribution in [0.15, 0.2) is 12.1 Å². The zero-order valence-electron chi connectivity index (χ0n) is 9.24. The topological polar surface area (TPSA) is 54.4 Å². The smallest absolute Gasteiger partial charge is 0.194 e. The number of aliphatic hydroxyl groups excluding tert-OH is 1. The molecule has 3 nitrogen and oxygen atoms in total. The summed E-state index contributed by atoms with van der Waals surface area (Å²) in [7, 11) is -3.20. The van der Waals surface area contributed by atoms with Gasteiger partial charge in [-0.1, -0.05) is 0 Å². The van der Waals surface area contributed by atoms with E-state index in [1.54, 1.807) is 0 Å². The highest BCUT2D eigenvalue weighted by molar-refractivity contribution is 7.91. The summed E-state index contributed by atoms with van der Waals surface area (Å²) in [4.78, 5) is 0. The minimum atomic E-state index is -3.20. The van der Waals surface area contributed by atoms with Crippen LogP contribution in [0.25, 0.3) is 0 Å². The van der Waals surface area contributed by atoms with Crippen LogP contribution in [0.3, 0.4) is 0 Å². The van der Waals surface area contributed by atoms with Gasteiger partial charge in [0.2, 0.25) is 0 Å². The molecule has 1 aliphatic rings. The van der Waals surface area contributed by atoms with Gasteiger partial charge in [0.15, 0.2) is 27.3 Å². The number of benzene rings is 1. The Kier molecular flexibility index (Phi) is 3.37. The van der Waals surface area contributed by atoms with Crippen molar-refractivity contribution in [3.63, 3.8) is 0 Å². The van der Waals surface area contributed by atoms with E-state index in [4.69, 9.17) is 0 Å². The summed E-state index contributed by atoms with van der Waals surface area (Å²) in [6.45, 7) is 0. The van der Waals surface area contributed by atoms with Crippen LogP contribution >= 0.6 is 0 Å². The van der Waals surface area contributed by atoms with Gasteiger partial charge in [-0.2, -0.15) is 0 Å². The van der Waals surface area contributed by atoms with Gasteiger partial charge >= 0.3 is 0 Å². The van der Waals surface area contributed by atoms with Crippen molar-refractivity contribution in [2.75, 3.05) is 11.5 Å². The average Bonchev–Trinajstić information content (AvgIpc) is 2.65. The normalized spacial score (nSPS) is 24.1. The Morgan fingerprint density at radius 1 is 1.22 bits per heavy atom. The van der Waals surface area contributed by atoms with E-state index in [1.165, 1.54) is 0 Å². The molecule has 0 saturated carbocycles. The first-order chi connectivity index (χ1) is 8.30. The number of rotatable bonds is 2. The summed E-state index contributed by atoms with van der Waals surface area (Å²) in [6.07, 6.45) is -1.09.